The van der Waals surface area contributed by atoms with Crippen molar-refractivity contribution >= 4 is 29.3 Å². The van der Waals surface area contributed by atoms with Crippen LogP contribution in [0.25, 0.3) is 0 Å². The van der Waals surface area contributed by atoms with Gasteiger partial charge in [0.1, 0.15) is 17.7 Å². The zero-order valence-corrected chi connectivity index (χ0v) is 17.1. The fourth-order valence-electron chi connectivity index (χ4n) is 2.98. The van der Waals surface area contributed by atoms with Crippen molar-refractivity contribution in [1.29, 1.82) is 0 Å². The molecule has 0 atom stereocenters. The van der Waals surface area contributed by atoms with Gasteiger partial charge in [-0.2, -0.15) is 0 Å². The number of carbonyl (C=O) groups excluding carboxylic acids is 2. The van der Waals surface area contributed by atoms with Crippen LogP contribution in [0.4, 0.5) is 11.4 Å². The van der Waals surface area contributed by atoms with Crippen LogP contribution in [0.1, 0.15) is 47.8 Å². The number of nitrogens with one attached hydrogen (secondary N) is 2. The number of aromatic nitrogens is 3. The van der Waals surface area contributed by atoms with Gasteiger partial charge in [0.15, 0.2) is 5.78 Å². The standard InChI is InChI=1S/C21H25N7O2/c1-23-9-14(19(22)21(30)24-2)5-8-18(29)20-17(27-15-10-25-12-26-11-15)7-6-16(28-20)13-3-4-13/h6-7,9-13,27H,3-5,8,22H2,1-2H3,(H,24,30). The average molecular weight is 407 g/mol. The van der Waals surface area contributed by atoms with Gasteiger partial charge in [0.25, 0.3) is 5.91 Å². The summed E-state index contributed by atoms with van der Waals surface area (Å²) in [6.45, 7) is 0. The Morgan fingerprint density at radius 2 is 1.97 bits per heavy atom. The Kier molecular flexibility index (Phi) is 6.84. The van der Waals surface area contributed by atoms with Crippen molar-refractivity contribution in [2.75, 3.05) is 19.4 Å². The van der Waals surface area contributed by atoms with Gasteiger partial charge in [-0.25, -0.2) is 15.0 Å². The van der Waals surface area contributed by atoms with E-state index < -0.39 is 5.91 Å². The van der Waals surface area contributed by atoms with E-state index in [9.17, 15) is 9.59 Å². The summed E-state index contributed by atoms with van der Waals surface area (Å²) in [4.78, 5) is 41.5. The van der Waals surface area contributed by atoms with E-state index in [1.54, 1.807) is 19.4 Å². The minimum atomic E-state index is -0.405. The zero-order valence-electron chi connectivity index (χ0n) is 17.1. The van der Waals surface area contributed by atoms with Gasteiger partial charge in [0.05, 0.1) is 23.8 Å². The summed E-state index contributed by atoms with van der Waals surface area (Å²) < 4.78 is 0. The number of likely N-dealkylation sites (N-methyl/N-ethyl adjacent to an activating group) is 1. The smallest absolute Gasteiger partial charge is 0.267 e. The number of hydrogen-bond donors (Lipinski definition) is 3. The molecule has 9 heteroatoms. The van der Waals surface area contributed by atoms with E-state index in [1.807, 2.05) is 12.1 Å². The summed E-state index contributed by atoms with van der Waals surface area (Å²) in [5.41, 5.74) is 9.00. The number of hydrogen-bond acceptors (Lipinski definition) is 8. The van der Waals surface area contributed by atoms with Crippen LogP contribution in [-0.2, 0) is 4.79 Å². The second-order valence-corrected chi connectivity index (χ2v) is 6.99. The van der Waals surface area contributed by atoms with E-state index in [1.165, 1.54) is 19.6 Å². The van der Waals surface area contributed by atoms with Crippen LogP contribution in [0.3, 0.4) is 0 Å². The number of carbonyl (C=O) groups is 2. The predicted molar refractivity (Wildman–Crippen MR) is 115 cm³/mol. The molecular weight excluding hydrogens is 382 g/mol. The molecule has 0 saturated heterocycles. The van der Waals surface area contributed by atoms with Crippen LogP contribution >= 0.6 is 0 Å². The predicted octanol–water partition coefficient (Wildman–Crippen LogP) is 2.11. The first-order valence-corrected chi connectivity index (χ1v) is 9.72. The lowest BCUT2D eigenvalue weighted by molar-refractivity contribution is -0.117. The van der Waals surface area contributed by atoms with Gasteiger partial charge in [-0.05, 0) is 37.0 Å². The van der Waals surface area contributed by atoms with Gasteiger partial charge in [0, 0.05) is 38.3 Å². The van der Waals surface area contributed by atoms with Crippen LogP contribution in [0.5, 0.6) is 0 Å². The molecule has 0 spiro atoms. The maximum atomic E-state index is 13.1. The highest BCUT2D eigenvalue weighted by Crippen LogP contribution is 2.39. The van der Waals surface area contributed by atoms with Crippen LogP contribution < -0.4 is 16.4 Å². The maximum absolute atomic E-state index is 13.1. The summed E-state index contributed by atoms with van der Waals surface area (Å²) >= 11 is 0. The molecule has 2 aromatic rings. The van der Waals surface area contributed by atoms with Gasteiger partial charge >= 0.3 is 0 Å². The van der Waals surface area contributed by atoms with Crippen molar-refractivity contribution in [3.63, 3.8) is 0 Å². The molecule has 2 aromatic heterocycles. The van der Waals surface area contributed by atoms with Crippen molar-refractivity contribution in [2.45, 2.75) is 31.6 Å². The third-order valence-electron chi connectivity index (χ3n) is 4.74. The number of nitrogens with zero attached hydrogens (tertiary/aromatic N) is 4. The van der Waals surface area contributed by atoms with Crippen molar-refractivity contribution < 1.29 is 9.59 Å². The van der Waals surface area contributed by atoms with E-state index in [-0.39, 0.29) is 24.3 Å². The SMILES string of the molecule is CN=CC(CCC(=O)c1nc(C2CC2)ccc1Nc1cncnc1)=C(N)C(=O)NC. The summed E-state index contributed by atoms with van der Waals surface area (Å²) in [5.74, 6) is -0.140. The summed E-state index contributed by atoms with van der Waals surface area (Å²) in [6.07, 6.45) is 8.78. The average Bonchev–Trinajstić information content (AvgIpc) is 3.62. The summed E-state index contributed by atoms with van der Waals surface area (Å²) in [7, 11) is 3.09. The highest BCUT2D eigenvalue weighted by atomic mass is 16.2. The van der Waals surface area contributed by atoms with Gasteiger partial charge in [-0.3, -0.25) is 14.6 Å². The molecule has 1 saturated carbocycles. The van der Waals surface area contributed by atoms with E-state index in [4.69, 9.17) is 5.73 Å². The van der Waals surface area contributed by atoms with E-state index in [0.717, 1.165) is 18.5 Å². The molecule has 1 amide bonds. The molecule has 156 valence electrons. The fourth-order valence-corrected chi connectivity index (χ4v) is 2.98. The molecule has 0 aromatic carbocycles. The molecular formula is C21H25N7O2. The Morgan fingerprint density at radius 3 is 2.60 bits per heavy atom. The number of rotatable bonds is 9. The first-order chi connectivity index (χ1) is 14.5. The normalized spacial score (nSPS) is 14.3. The third kappa shape index (κ3) is 5.25. The molecule has 1 aliphatic carbocycles. The highest BCUT2D eigenvalue weighted by molar-refractivity contribution is 6.02. The fraction of sp³-hybridized carbons (Fsp3) is 0.333. The maximum Gasteiger partial charge on any atom is 0.267 e. The Bertz CT molecular complexity index is 982. The largest absolute Gasteiger partial charge is 0.394 e. The van der Waals surface area contributed by atoms with Crippen molar-refractivity contribution in [2.24, 2.45) is 10.7 Å². The van der Waals surface area contributed by atoms with E-state index >= 15 is 0 Å². The van der Waals surface area contributed by atoms with Crippen LogP contribution in [0, 0.1) is 0 Å². The first kappa shape index (κ1) is 21.1. The Balaban J connectivity index is 1.84. The Labute approximate surface area is 174 Å². The van der Waals surface area contributed by atoms with Gasteiger partial charge in [0.2, 0.25) is 0 Å². The highest BCUT2D eigenvalue weighted by Gasteiger charge is 2.27. The van der Waals surface area contributed by atoms with E-state index in [0.29, 0.717) is 28.6 Å². The number of allylic oxidation sites excluding steroid dienone is 1. The second-order valence-electron chi connectivity index (χ2n) is 6.99. The van der Waals surface area contributed by atoms with Gasteiger partial charge in [-0.1, -0.05) is 0 Å². The number of amides is 1. The number of aliphatic imine (C=N–C) groups is 1. The monoisotopic (exact) mass is 407 g/mol. The van der Waals surface area contributed by atoms with Crippen molar-refractivity contribution in [3.05, 3.63) is 53.5 Å². The molecule has 0 aliphatic heterocycles. The molecule has 0 radical (unpaired) electrons. The number of pyridine rings is 1. The minimum Gasteiger partial charge on any atom is -0.394 e. The second kappa shape index (κ2) is 9.73. The van der Waals surface area contributed by atoms with Gasteiger partial charge < -0.3 is 16.4 Å². The topological polar surface area (TPSA) is 135 Å². The lowest BCUT2D eigenvalue weighted by atomic mass is 10.0. The minimum absolute atomic E-state index is 0.0513. The summed E-state index contributed by atoms with van der Waals surface area (Å²) in [5, 5.41) is 5.65. The number of Topliss-reactive ketones (excluding diaryl/α,β-unsaturated/α-hetero) is 1. The molecule has 2 heterocycles. The molecule has 3 rings (SSSR count). The van der Waals surface area contributed by atoms with Gasteiger partial charge in [-0.15, -0.1) is 0 Å². The van der Waals surface area contributed by atoms with Crippen LogP contribution in [-0.4, -0.2) is 47.0 Å². The quantitative estimate of drug-likeness (QED) is 0.329. The lowest BCUT2D eigenvalue weighted by Crippen LogP contribution is -2.26. The molecule has 4 N–H and O–H groups in total. The first-order valence-electron chi connectivity index (χ1n) is 9.72. The van der Waals surface area contributed by atoms with Crippen LogP contribution in [0.2, 0.25) is 0 Å². The number of nitrogens with two attached hydrogens (primary N) is 1. The number of ketones is 1. The van der Waals surface area contributed by atoms with E-state index in [2.05, 4.69) is 30.6 Å². The Hall–Kier alpha value is -3.62. The van der Waals surface area contributed by atoms with Crippen molar-refractivity contribution in [1.82, 2.24) is 20.3 Å². The third-order valence-corrected chi connectivity index (χ3v) is 4.74. The van der Waals surface area contributed by atoms with Crippen LogP contribution in [0.15, 0.2) is 47.1 Å². The zero-order chi connectivity index (χ0) is 21.5. The molecule has 1 aliphatic rings. The molecule has 30 heavy (non-hydrogen) atoms. The Morgan fingerprint density at radius 1 is 1.23 bits per heavy atom. The molecule has 0 unspecified atom stereocenters. The molecule has 0 bridgehead atoms. The molecule has 9 nitrogen and oxygen atoms in total. The molecule has 1 fully saturated rings. The lowest BCUT2D eigenvalue weighted by Gasteiger charge is -2.12. The van der Waals surface area contributed by atoms with Crippen molar-refractivity contribution in [3.8, 4) is 0 Å². The number of anilines is 2. The summed E-state index contributed by atoms with van der Waals surface area (Å²) in [6, 6.07) is 3.81.